The van der Waals surface area contributed by atoms with E-state index in [9.17, 15) is 15.2 Å². The maximum absolute atomic E-state index is 13.6. The van der Waals surface area contributed by atoms with Crippen molar-refractivity contribution in [3.8, 4) is 22.9 Å². The molecule has 7 nitrogen and oxygen atoms in total. The summed E-state index contributed by atoms with van der Waals surface area (Å²) in [4.78, 5) is 15.4. The number of carbonyl (C=O) groups is 1. The smallest absolute Gasteiger partial charge is 0.410 e. The molecule has 0 radical (unpaired) electrons. The number of piperidine rings is 1. The standard InChI is InChI=1S/C36H32N2O5/c37-19-25-14-15-26(16-34(25)42-20-24-8-2-1-3-9-24)36(40)17-27-21-41-22-28(18-36)38(27)35(39)43-23-33-31-12-6-4-10-29(31)30-11-5-7-13-32(30)33/h1-16,27-28,33,40H,17-18,20-23H2. The van der Waals surface area contributed by atoms with E-state index in [2.05, 4.69) is 30.3 Å². The van der Waals surface area contributed by atoms with Crippen LogP contribution in [0.5, 0.6) is 5.75 Å². The fourth-order valence-electron chi connectivity index (χ4n) is 6.94. The SMILES string of the molecule is N#Cc1ccc(C2(O)CC3COCC(C2)N3C(=O)OCC2c3ccccc3-c3ccccc32)cc1OCc1ccccc1. The molecule has 0 spiro atoms. The first-order chi connectivity index (χ1) is 21.0. The van der Waals surface area contributed by atoms with E-state index in [1.165, 1.54) is 22.3 Å². The van der Waals surface area contributed by atoms with Crippen LogP contribution < -0.4 is 4.74 Å². The van der Waals surface area contributed by atoms with Crippen LogP contribution in [0, 0.1) is 11.3 Å². The van der Waals surface area contributed by atoms with Gasteiger partial charge in [-0.05, 0) is 45.5 Å². The Morgan fingerprint density at radius 1 is 0.907 bits per heavy atom. The lowest BCUT2D eigenvalue weighted by atomic mass is 9.76. The summed E-state index contributed by atoms with van der Waals surface area (Å²) in [6, 6.07) is 33.0. The first-order valence-corrected chi connectivity index (χ1v) is 14.7. The first kappa shape index (κ1) is 27.2. The minimum atomic E-state index is -1.21. The minimum absolute atomic E-state index is 0.0258. The molecule has 3 aliphatic rings. The van der Waals surface area contributed by atoms with Gasteiger partial charge in [0.05, 0.1) is 36.5 Å². The molecule has 1 N–H and O–H groups in total. The van der Waals surface area contributed by atoms with Gasteiger partial charge in [0.2, 0.25) is 0 Å². The summed E-state index contributed by atoms with van der Waals surface area (Å²) in [6.07, 6.45) is 0.198. The van der Waals surface area contributed by atoms with Crippen molar-refractivity contribution in [2.45, 2.75) is 43.1 Å². The largest absolute Gasteiger partial charge is 0.488 e. The van der Waals surface area contributed by atoms with Crippen molar-refractivity contribution >= 4 is 6.09 Å². The van der Waals surface area contributed by atoms with E-state index < -0.39 is 5.60 Å². The molecule has 2 fully saturated rings. The number of nitriles is 1. The molecule has 1 amide bonds. The average molecular weight is 573 g/mol. The molecule has 7 heteroatoms. The van der Waals surface area contributed by atoms with Gasteiger partial charge in [0.1, 0.15) is 25.0 Å². The van der Waals surface area contributed by atoms with E-state index in [-0.39, 0.29) is 43.5 Å². The fraction of sp³-hybridized carbons (Fsp3) is 0.278. The van der Waals surface area contributed by atoms with Crippen LogP contribution in [0.15, 0.2) is 97.1 Å². The molecular formula is C36H32N2O5. The molecule has 0 aromatic heterocycles. The zero-order valence-corrected chi connectivity index (χ0v) is 23.7. The molecule has 4 aromatic rings. The molecule has 2 unspecified atom stereocenters. The summed E-state index contributed by atoms with van der Waals surface area (Å²) in [6.45, 7) is 1.19. The first-order valence-electron chi connectivity index (χ1n) is 14.7. The molecule has 4 aromatic carbocycles. The topological polar surface area (TPSA) is 92.0 Å². The normalized spacial score (nSPS) is 22.3. The highest BCUT2D eigenvalue weighted by Gasteiger charge is 2.49. The Morgan fingerprint density at radius 3 is 2.19 bits per heavy atom. The molecule has 0 saturated carbocycles. The molecule has 1 aliphatic carbocycles. The van der Waals surface area contributed by atoms with Crippen molar-refractivity contribution in [1.82, 2.24) is 4.90 Å². The van der Waals surface area contributed by atoms with E-state index in [1.54, 1.807) is 23.1 Å². The van der Waals surface area contributed by atoms with E-state index in [0.29, 0.717) is 36.7 Å². The Bertz CT molecular complexity index is 1640. The molecular weight excluding hydrogens is 540 g/mol. The number of hydrogen-bond acceptors (Lipinski definition) is 6. The third-order valence-corrected chi connectivity index (χ3v) is 8.98. The third kappa shape index (κ3) is 5.03. The molecule has 2 atom stereocenters. The van der Waals surface area contributed by atoms with Gasteiger partial charge in [-0.15, -0.1) is 0 Å². The van der Waals surface area contributed by atoms with Gasteiger partial charge in [0, 0.05) is 18.8 Å². The van der Waals surface area contributed by atoms with Gasteiger partial charge in [-0.25, -0.2) is 4.79 Å². The number of amides is 1. The Balaban J connectivity index is 1.08. The van der Waals surface area contributed by atoms with Crippen molar-refractivity contribution in [2.75, 3.05) is 19.8 Å². The van der Waals surface area contributed by atoms with E-state index in [4.69, 9.17) is 14.2 Å². The predicted octanol–water partition coefficient (Wildman–Crippen LogP) is 6.14. The van der Waals surface area contributed by atoms with Gasteiger partial charge in [0.15, 0.2) is 0 Å². The van der Waals surface area contributed by atoms with Crippen LogP contribution in [0.1, 0.15) is 46.6 Å². The molecule has 2 bridgehead atoms. The molecule has 2 heterocycles. The fourth-order valence-corrected chi connectivity index (χ4v) is 6.94. The number of fused-ring (bicyclic) bond motifs is 5. The molecule has 216 valence electrons. The van der Waals surface area contributed by atoms with Gasteiger partial charge in [-0.3, -0.25) is 4.90 Å². The highest BCUT2D eigenvalue weighted by molar-refractivity contribution is 5.79. The van der Waals surface area contributed by atoms with Crippen molar-refractivity contribution in [3.05, 3.63) is 125 Å². The van der Waals surface area contributed by atoms with Crippen molar-refractivity contribution < 1.29 is 24.1 Å². The third-order valence-electron chi connectivity index (χ3n) is 8.98. The highest BCUT2D eigenvalue weighted by atomic mass is 16.6. The Hall–Kier alpha value is -4.64. The van der Waals surface area contributed by atoms with Crippen LogP contribution in [0.2, 0.25) is 0 Å². The monoisotopic (exact) mass is 572 g/mol. The average Bonchev–Trinajstić information content (AvgIpc) is 3.36. The number of rotatable bonds is 6. The lowest BCUT2D eigenvalue weighted by Crippen LogP contribution is -2.62. The second-order valence-electron chi connectivity index (χ2n) is 11.6. The summed E-state index contributed by atoms with van der Waals surface area (Å²) >= 11 is 0. The summed E-state index contributed by atoms with van der Waals surface area (Å²) in [5.74, 6) is 0.403. The number of morpholine rings is 1. The van der Waals surface area contributed by atoms with Crippen LogP contribution in [-0.4, -0.2) is 48.0 Å². The highest BCUT2D eigenvalue weighted by Crippen LogP contribution is 2.46. The maximum atomic E-state index is 13.6. The quantitative estimate of drug-likeness (QED) is 0.299. The van der Waals surface area contributed by atoms with Gasteiger partial charge in [0.25, 0.3) is 0 Å². The Morgan fingerprint density at radius 2 is 1.53 bits per heavy atom. The second-order valence-corrected chi connectivity index (χ2v) is 11.6. The summed E-state index contributed by atoms with van der Waals surface area (Å²) in [5, 5.41) is 21.6. The summed E-state index contributed by atoms with van der Waals surface area (Å²) in [5.41, 5.74) is 5.54. The van der Waals surface area contributed by atoms with E-state index >= 15 is 0 Å². The van der Waals surface area contributed by atoms with Gasteiger partial charge >= 0.3 is 6.09 Å². The van der Waals surface area contributed by atoms with E-state index in [0.717, 1.165) is 5.56 Å². The number of benzene rings is 4. The van der Waals surface area contributed by atoms with Gasteiger partial charge in [-0.2, -0.15) is 5.26 Å². The molecule has 2 saturated heterocycles. The zero-order valence-electron chi connectivity index (χ0n) is 23.7. The van der Waals surface area contributed by atoms with Gasteiger partial charge < -0.3 is 19.3 Å². The number of hydrogen-bond donors (Lipinski definition) is 1. The number of aliphatic hydroxyl groups is 1. The van der Waals surface area contributed by atoms with Gasteiger partial charge in [-0.1, -0.05) is 84.9 Å². The van der Waals surface area contributed by atoms with Crippen molar-refractivity contribution in [1.29, 1.82) is 5.26 Å². The maximum Gasteiger partial charge on any atom is 0.410 e. The van der Waals surface area contributed by atoms with Crippen LogP contribution >= 0.6 is 0 Å². The number of ether oxygens (including phenoxy) is 3. The number of carbonyl (C=O) groups excluding carboxylic acids is 1. The Kier molecular flexibility index (Phi) is 7.10. The van der Waals surface area contributed by atoms with E-state index in [1.807, 2.05) is 54.6 Å². The molecule has 43 heavy (non-hydrogen) atoms. The Labute approximate surface area is 250 Å². The van der Waals surface area contributed by atoms with Crippen molar-refractivity contribution in [2.24, 2.45) is 0 Å². The lowest BCUT2D eigenvalue weighted by molar-refractivity contribution is -0.136. The summed E-state index contributed by atoms with van der Waals surface area (Å²) in [7, 11) is 0. The predicted molar refractivity (Wildman–Crippen MR) is 160 cm³/mol. The molecule has 7 rings (SSSR count). The van der Waals surface area contributed by atoms with Crippen molar-refractivity contribution in [3.63, 3.8) is 0 Å². The van der Waals surface area contributed by atoms with Crippen LogP contribution in [0.4, 0.5) is 4.79 Å². The van der Waals surface area contributed by atoms with Crippen LogP contribution in [-0.2, 0) is 21.7 Å². The summed E-state index contributed by atoms with van der Waals surface area (Å²) < 4.78 is 17.9. The van der Waals surface area contributed by atoms with Crippen LogP contribution in [0.3, 0.4) is 0 Å². The lowest BCUT2D eigenvalue weighted by Gasteiger charge is -2.51. The zero-order chi connectivity index (χ0) is 29.4. The second kappa shape index (κ2) is 11.2. The van der Waals surface area contributed by atoms with Crippen LogP contribution in [0.25, 0.3) is 11.1 Å². The molecule has 2 aliphatic heterocycles. The number of nitrogens with zero attached hydrogens (tertiary/aromatic N) is 2. The minimum Gasteiger partial charge on any atom is -0.488 e.